The molecule has 0 aliphatic heterocycles. The van der Waals surface area contributed by atoms with Crippen LogP contribution in [-0.4, -0.2) is 19.6 Å². The van der Waals surface area contributed by atoms with E-state index >= 15 is 0 Å². The number of fused-ring (bicyclic) bond motifs is 6. The number of rotatable bonds is 3. The Morgan fingerprint density at radius 2 is 1.72 bits per heavy atom. The minimum Gasteiger partial charge on any atom is -0.517 e. The number of pyridine rings is 2. The van der Waals surface area contributed by atoms with Crippen molar-refractivity contribution in [3.63, 3.8) is 0 Å². The summed E-state index contributed by atoms with van der Waals surface area (Å²) in [6.07, 6.45) is 1.80. The molecule has 7 rings (SSSR count). The number of aromatic nitrogens is 3. The van der Waals surface area contributed by atoms with Gasteiger partial charge in [-0.1, -0.05) is 68.6 Å². The molecule has 0 bridgehead atoms. The maximum atomic E-state index is 10.4. The first kappa shape index (κ1) is 25.1. The summed E-state index contributed by atoms with van der Waals surface area (Å²) in [4.78, 5) is 9.65. The SMILES string of the molecule is CC(C)(C)c1cc(Oc2[c-]c3c(cc2)oc2cccc(O)c23)nc(-n2c3ccccc3c3cccnc32)c1.[Pt]. The Kier molecular flexibility index (Phi) is 5.96. The number of ether oxygens (including phenoxy) is 1. The van der Waals surface area contributed by atoms with Gasteiger partial charge in [-0.05, 0) is 52.8 Å². The van der Waals surface area contributed by atoms with Gasteiger partial charge in [-0.2, -0.15) is 4.98 Å². The number of hydrogen-bond acceptors (Lipinski definition) is 5. The predicted molar refractivity (Wildman–Crippen MR) is 149 cm³/mol. The Labute approximate surface area is 239 Å². The Morgan fingerprint density at radius 1 is 0.897 bits per heavy atom. The van der Waals surface area contributed by atoms with Crippen molar-refractivity contribution in [3.8, 4) is 23.2 Å². The Hall–Kier alpha value is -4.15. The van der Waals surface area contributed by atoms with E-state index in [2.05, 4.69) is 55.7 Å². The van der Waals surface area contributed by atoms with E-state index in [0.717, 1.165) is 33.3 Å². The molecule has 0 saturated heterocycles. The summed E-state index contributed by atoms with van der Waals surface area (Å²) in [5.41, 5.74) is 4.02. The molecule has 4 heterocycles. The Morgan fingerprint density at radius 3 is 2.56 bits per heavy atom. The van der Waals surface area contributed by atoms with Crippen molar-refractivity contribution in [1.82, 2.24) is 14.5 Å². The summed E-state index contributed by atoms with van der Waals surface area (Å²) in [6, 6.07) is 28.5. The van der Waals surface area contributed by atoms with Gasteiger partial charge in [0.15, 0.2) is 0 Å². The standard InChI is InChI=1S/C32H24N3O3.Pt/c1-32(2,3)19-16-28(35-24-10-5-4-8-21(24)22-9-7-15-33-31(22)35)34-29(17-19)37-20-13-14-26-23(18-20)30-25(36)11-6-12-27(30)38-26;/h4-17,36H,1-3H3;/q-1;. The molecule has 0 radical (unpaired) electrons. The molecule has 0 atom stereocenters. The molecule has 0 unspecified atom stereocenters. The molecular weight excluding hydrogens is 669 g/mol. The first-order valence-corrected chi connectivity index (χ1v) is 12.5. The van der Waals surface area contributed by atoms with E-state index in [1.807, 2.05) is 36.4 Å². The van der Waals surface area contributed by atoms with E-state index in [-0.39, 0.29) is 32.2 Å². The molecule has 0 amide bonds. The molecule has 1 N–H and O–H groups in total. The van der Waals surface area contributed by atoms with E-state index in [9.17, 15) is 5.11 Å². The summed E-state index contributed by atoms with van der Waals surface area (Å²) in [6.45, 7) is 6.50. The number of furan rings is 1. The van der Waals surface area contributed by atoms with Crippen LogP contribution in [0.15, 0.2) is 89.5 Å². The predicted octanol–water partition coefficient (Wildman–Crippen LogP) is 8.07. The molecular formula is C32H24N3O3Pt-. The minimum absolute atomic E-state index is 0. The van der Waals surface area contributed by atoms with Crippen LogP contribution in [0.4, 0.5) is 0 Å². The fourth-order valence-corrected chi connectivity index (χ4v) is 5.00. The van der Waals surface area contributed by atoms with Crippen molar-refractivity contribution in [2.75, 3.05) is 0 Å². The number of aromatic hydroxyl groups is 1. The van der Waals surface area contributed by atoms with Crippen LogP contribution in [0.1, 0.15) is 26.3 Å². The van der Waals surface area contributed by atoms with Gasteiger partial charge in [-0.15, -0.1) is 0 Å². The van der Waals surface area contributed by atoms with Crippen LogP contribution in [-0.2, 0) is 26.5 Å². The van der Waals surface area contributed by atoms with Crippen LogP contribution in [0.5, 0.6) is 17.4 Å². The summed E-state index contributed by atoms with van der Waals surface area (Å²) < 4.78 is 14.3. The van der Waals surface area contributed by atoms with Crippen molar-refractivity contribution < 1.29 is 35.3 Å². The zero-order valence-corrected chi connectivity index (χ0v) is 23.8. The fourth-order valence-electron chi connectivity index (χ4n) is 5.00. The minimum atomic E-state index is -0.151. The molecule has 0 fully saturated rings. The van der Waals surface area contributed by atoms with Crippen molar-refractivity contribution in [3.05, 3.63) is 96.7 Å². The molecule has 0 aliphatic rings. The maximum Gasteiger partial charge on any atom is 0.219 e. The third-order valence-corrected chi connectivity index (χ3v) is 6.89. The van der Waals surface area contributed by atoms with Crippen LogP contribution in [0.25, 0.3) is 49.7 Å². The van der Waals surface area contributed by atoms with Crippen molar-refractivity contribution in [2.45, 2.75) is 26.2 Å². The number of phenolic OH excluding ortho intramolecular Hbond substituents is 1. The fraction of sp³-hybridized carbons (Fsp3) is 0.125. The maximum absolute atomic E-state index is 10.4. The second-order valence-corrected chi connectivity index (χ2v) is 10.4. The molecule has 3 aromatic carbocycles. The third-order valence-electron chi connectivity index (χ3n) is 6.89. The number of para-hydroxylation sites is 1. The second kappa shape index (κ2) is 9.25. The number of benzene rings is 3. The molecule has 39 heavy (non-hydrogen) atoms. The summed E-state index contributed by atoms with van der Waals surface area (Å²) in [5.74, 6) is 1.80. The van der Waals surface area contributed by atoms with Gasteiger partial charge < -0.3 is 14.3 Å². The average molecular weight is 694 g/mol. The monoisotopic (exact) mass is 693 g/mol. The largest absolute Gasteiger partial charge is 0.517 e. The van der Waals surface area contributed by atoms with Gasteiger partial charge in [0.25, 0.3) is 0 Å². The molecule has 7 aromatic rings. The van der Waals surface area contributed by atoms with Gasteiger partial charge >= 0.3 is 0 Å². The van der Waals surface area contributed by atoms with E-state index in [1.165, 1.54) is 0 Å². The Balaban J connectivity index is 0.00000277. The number of nitrogens with zero attached hydrogens (tertiary/aromatic N) is 3. The van der Waals surface area contributed by atoms with Crippen molar-refractivity contribution in [2.24, 2.45) is 0 Å². The van der Waals surface area contributed by atoms with Crippen LogP contribution >= 0.6 is 0 Å². The number of hydrogen-bond donors (Lipinski definition) is 1. The molecule has 4 aromatic heterocycles. The summed E-state index contributed by atoms with van der Waals surface area (Å²) >= 11 is 0. The topological polar surface area (TPSA) is 73.3 Å². The van der Waals surface area contributed by atoms with Gasteiger partial charge in [-0.3, -0.25) is 4.57 Å². The van der Waals surface area contributed by atoms with Gasteiger partial charge in [0.1, 0.15) is 11.5 Å². The van der Waals surface area contributed by atoms with Gasteiger partial charge in [0.05, 0.1) is 16.8 Å². The molecule has 196 valence electrons. The summed E-state index contributed by atoms with van der Waals surface area (Å²) in [7, 11) is 0. The van der Waals surface area contributed by atoms with Crippen molar-refractivity contribution >= 4 is 43.9 Å². The van der Waals surface area contributed by atoms with Crippen LogP contribution in [0.3, 0.4) is 0 Å². The first-order chi connectivity index (χ1) is 18.4. The molecule has 7 heteroatoms. The zero-order valence-electron chi connectivity index (χ0n) is 21.5. The van der Waals surface area contributed by atoms with Crippen LogP contribution in [0.2, 0.25) is 0 Å². The normalized spacial score (nSPS) is 11.9. The third kappa shape index (κ3) is 4.16. The van der Waals surface area contributed by atoms with E-state index in [1.54, 1.807) is 24.4 Å². The first-order valence-electron chi connectivity index (χ1n) is 12.5. The van der Waals surface area contributed by atoms with Crippen LogP contribution < -0.4 is 4.74 Å². The van der Waals surface area contributed by atoms with E-state index in [0.29, 0.717) is 33.6 Å². The molecule has 0 spiro atoms. The van der Waals surface area contributed by atoms with E-state index in [4.69, 9.17) is 19.1 Å². The second-order valence-electron chi connectivity index (χ2n) is 10.4. The van der Waals surface area contributed by atoms with E-state index < -0.39 is 0 Å². The molecule has 6 nitrogen and oxygen atoms in total. The van der Waals surface area contributed by atoms with Gasteiger partial charge in [0.2, 0.25) is 5.88 Å². The van der Waals surface area contributed by atoms with Crippen molar-refractivity contribution in [1.29, 1.82) is 0 Å². The van der Waals surface area contributed by atoms with Gasteiger partial charge in [0, 0.05) is 55.4 Å². The quantitative estimate of drug-likeness (QED) is 0.190. The van der Waals surface area contributed by atoms with Crippen LogP contribution in [0, 0.1) is 6.07 Å². The molecule has 0 saturated carbocycles. The molecule has 0 aliphatic carbocycles. The summed E-state index contributed by atoms with van der Waals surface area (Å²) in [5, 5.41) is 13.9. The smallest absolute Gasteiger partial charge is 0.219 e. The average Bonchev–Trinajstić information content (AvgIpc) is 3.44. The number of phenols is 1. The Bertz CT molecular complexity index is 1960. The zero-order chi connectivity index (χ0) is 26.0. The van der Waals surface area contributed by atoms with Gasteiger partial charge in [-0.25, -0.2) is 4.98 Å².